The molecular weight excluding hydrogens is 330 g/mol. The topological polar surface area (TPSA) is 69.6 Å². The average Bonchev–Trinajstić information content (AvgIpc) is 2.64. The number of amides is 2. The van der Waals surface area contributed by atoms with Gasteiger partial charge in [-0.2, -0.15) is 0 Å². The maximum absolute atomic E-state index is 12.5. The number of rotatable bonds is 3. The highest BCUT2D eigenvalue weighted by molar-refractivity contribution is 5.91. The molecule has 3 rings (SSSR count). The fourth-order valence-corrected chi connectivity index (χ4v) is 3.76. The Kier molecular flexibility index (Phi) is 5.25. The van der Waals surface area contributed by atoms with Crippen LogP contribution in [-0.2, 0) is 9.59 Å². The fraction of sp³-hybridized carbons (Fsp3) is 0.579. The molecule has 1 aromatic rings. The molecule has 2 aliphatic rings. The van der Waals surface area contributed by atoms with Gasteiger partial charge < -0.3 is 14.7 Å². The lowest BCUT2D eigenvalue weighted by atomic mass is 9.72. The Balaban J connectivity index is 1.54. The first-order valence-corrected chi connectivity index (χ1v) is 9.09. The summed E-state index contributed by atoms with van der Waals surface area (Å²) in [5.74, 6) is 0.905. The average molecular weight is 357 g/mol. The third-order valence-corrected chi connectivity index (χ3v) is 5.48. The maximum atomic E-state index is 12.5. The summed E-state index contributed by atoms with van der Waals surface area (Å²) in [6.45, 7) is 2.32. The Hall–Kier alpha value is -2.44. The highest BCUT2D eigenvalue weighted by atomic mass is 16.2. The molecule has 2 fully saturated rings. The largest absolute Gasteiger partial charge is 0.347 e. The second-order valence-electron chi connectivity index (χ2n) is 7.62. The molecule has 0 aliphatic carbocycles. The number of carbonyl (C=O) groups excluding carboxylic acids is 2. The van der Waals surface area contributed by atoms with E-state index in [9.17, 15) is 9.59 Å². The summed E-state index contributed by atoms with van der Waals surface area (Å²) in [7, 11) is 5.65. The van der Waals surface area contributed by atoms with Crippen molar-refractivity contribution in [1.82, 2.24) is 19.8 Å². The molecule has 0 bridgehead atoms. The minimum absolute atomic E-state index is 0.0248. The summed E-state index contributed by atoms with van der Waals surface area (Å²) in [6, 6.07) is 0. The molecule has 0 saturated carbocycles. The third kappa shape index (κ3) is 4.03. The Bertz CT molecular complexity index is 690. The lowest BCUT2D eigenvalue weighted by Gasteiger charge is -2.46. The quantitative estimate of drug-likeness (QED) is 0.765. The van der Waals surface area contributed by atoms with Crippen molar-refractivity contribution in [2.24, 2.45) is 5.41 Å². The van der Waals surface area contributed by atoms with Gasteiger partial charge in [-0.1, -0.05) is 0 Å². The maximum Gasteiger partial charge on any atom is 0.246 e. The van der Waals surface area contributed by atoms with Crippen LogP contribution < -0.4 is 4.90 Å². The normalized spacial score (nSPS) is 20.0. The summed E-state index contributed by atoms with van der Waals surface area (Å²) in [5, 5.41) is 0. The SMILES string of the molecule is CN1CC2(CCC1=O)CCN(C(=O)C=Cc1cnc(N(C)C)nc1)CC2. The van der Waals surface area contributed by atoms with Crippen LogP contribution in [0.3, 0.4) is 0 Å². The molecule has 0 radical (unpaired) electrons. The van der Waals surface area contributed by atoms with E-state index < -0.39 is 0 Å². The lowest BCUT2D eigenvalue weighted by Crippen LogP contribution is -2.51. The smallest absolute Gasteiger partial charge is 0.246 e. The van der Waals surface area contributed by atoms with Gasteiger partial charge in [0.25, 0.3) is 0 Å². The minimum atomic E-state index is 0.0248. The van der Waals surface area contributed by atoms with Crippen LogP contribution in [0.4, 0.5) is 5.95 Å². The van der Waals surface area contributed by atoms with Crippen molar-refractivity contribution in [3.8, 4) is 0 Å². The minimum Gasteiger partial charge on any atom is -0.347 e. The Morgan fingerprint density at radius 1 is 1.19 bits per heavy atom. The standard InChI is InChI=1S/C19H27N5O2/c1-22(2)18-20-12-15(13-21-18)4-5-17(26)24-10-8-19(9-11-24)7-6-16(25)23(3)14-19/h4-5,12-13H,6-11,14H2,1-3H3. The van der Waals surface area contributed by atoms with Gasteiger partial charge in [0, 0.05) is 71.2 Å². The Morgan fingerprint density at radius 3 is 2.42 bits per heavy atom. The molecule has 3 heterocycles. The van der Waals surface area contributed by atoms with Crippen LogP contribution >= 0.6 is 0 Å². The molecule has 26 heavy (non-hydrogen) atoms. The van der Waals surface area contributed by atoms with Crippen LogP contribution in [0.2, 0.25) is 0 Å². The highest BCUT2D eigenvalue weighted by Crippen LogP contribution is 2.39. The number of anilines is 1. The summed E-state index contributed by atoms with van der Waals surface area (Å²) >= 11 is 0. The predicted molar refractivity (Wildman–Crippen MR) is 101 cm³/mol. The van der Waals surface area contributed by atoms with Crippen LogP contribution in [-0.4, -0.2) is 72.4 Å². The zero-order valence-corrected chi connectivity index (χ0v) is 15.8. The van der Waals surface area contributed by atoms with Gasteiger partial charge in [0.15, 0.2) is 0 Å². The van der Waals surface area contributed by atoms with E-state index in [1.807, 2.05) is 35.8 Å². The monoisotopic (exact) mass is 357 g/mol. The molecule has 1 aromatic heterocycles. The van der Waals surface area contributed by atoms with Crippen molar-refractivity contribution in [1.29, 1.82) is 0 Å². The van der Waals surface area contributed by atoms with Crippen LogP contribution in [0.1, 0.15) is 31.2 Å². The van der Waals surface area contributed by atoms with E-state index in [4.69, 9.17) is 0 Å². The molecule has 0 unspecified atom stereocenters. The summed E-state index contributed by atoms with van der Waals surface area (Å²) in [4.78, 5) is 38.2. The van der Waals surface area contributed by atoms with Crippen molar-refractivity contribution in [3.63, 3.8) is 0 Å². The van der Waals surface area contributed by atoms with Gasteiger partial charge >= 0.3 is 0 Å². The molecule has 2 amide bonds. The molecule has 140 valence electrons. The van der Waals surface area contributed by atoms with E-state index in [2.05, 4.69) is 9.97 Å². The number of likely N-dealkylation sites (tertiary alicyclic amines) is 2. The summed E-state index contributed by atoms with van der Waals surface area (Å²) in [5.41, 5.74) is 1.00. The third-order valence-electron chi connectivity index (χ3n) is 5.48. The molecule has 0 atom stereocenters. The molecule has 0 N–H and O–H groups in total. The van der Waals surface area contributed by atoms with E-state index in [1.54, 1.807) is 24.5 Å². The Morgan fingerprint density at radius 2 is 1.85 bits per heavy atom. The summed E-state index contributed by atoms with van der Waals surface area (Å²) in [6.07, 6.45) is 10.3. The first-order valence-electron chi connectivity index (χ1n) is 9.09. The van der Waals surface area contributed by atoms with Crippen molar-refractivity contribution in [2.75, 3.05) is 45.7 Å². The fourth-order valence-electron chi connectivity index (χ4n) is 3.76. The van der Waals surface area contributed by atoms with Gasteiger partial charge in [-0.05, 0) is 30.8 Å². The number of hydrogen-bond acceptors (Lipinski definition) is 5. The van der Waals surface area contributed by atoms with Gasteiger partial charge in [-0.15, -0.1) is 0 Å². The first kappa shape index (κ1) is 18.4. The second kappa shape index (κ2) is 7.43. The zero-order chi connectivity index (χ0) is 18.7. The number of hydrogen-bond donors (Lipinski definition) is 0. The van der Waals surface area contributed by atoms with Crippen molar-refractivity contribution >= 4 is 23.8 Å². The van der Waals surface area contributed by atoms with Crippen LogP contribution in [0.25, 0.3) is 6.08 Å². The number of nitrogens with zero attached hydrogens (tertiary/aromatic N) is 5. The highest BCUT2D eigenvalue weighted by Gasteiger charge is 2.40. The van der Waals surface area contributed by atoms with Gasteiger partial charge in [-0.3, -0.25) is 9.59 Å². The zero-order valence-electron chi connectivity index (χ0n) is 15.8. The number of carbonyl (C=O) groups is 2. The molecule has 7 nitrogen and oxygen atoms in total. The number of piperidine rings is 2. The van der Waals surface area contributed by atoms with E-state index in [-0.39, 0.29) is 17.2 Å². The Labute approximate surface area is 154 Å². The molecule has 2 aliphatic heterocycles. The number of aromatic nitrogens is 2. The molecule has 1 spiro atoms. The van der Waals surface area contributed by atoms with Crippen molar-refractivity contribution < 1.29 is 9.59 Å². The lowest BCUT2D eigenvalue weighted by molar-refractivity contribution is -0.139. The molecule has 0 aromatic carbocycles. The van der Waals surface area contributed by atoms with E-state index in [0.29, 0.717) is 12.4 Å². The van der Waals surface area contributed by atoms with Gasteiger partial charge in [0.1, 0.15) is 0 Å². The van der Waals surface area contributed by atoms with Crippen molar-refractivity contribution in [3.05, 3.63) is 24.0 Å². The second-order valence-corrected chi connectivity index (χ2v) is 7.62. The first-order chi connectivity index (χ1) is 12.4. The van der Waals surface area contributed by atoms with E-state index in [0.717, 1.165) is 44.5 Å². The van der Waals surface area contributed by atoms with Crippen molar-refractivity contribution in [2.45, 2.75) is 25.7 Å². The molecule has 2 saturated heterocycles. The van der Waals surface area contributed by atoms with E-state index >= 15 is 0 Å². The summed E-state index contributed by atoms with van der Waals surface area (Å²) < 4.78 is 0. The van der Waals surface area contributed by atoms with E-state index in [1.165, 1.54) is 0 Å². The van der Waals surface area contributed by atoms with Gasteiger partial charge in [0.2, 0.25) is 17.8 Å². The van der Waals surface area contributed by atoms with Crippen LogP contribution in [0, 0.1) is 5.41 Å². The van der Waals surface area contributed by atoms with Crippen LogP contribution in [0.15, 0.2) is 18.5 Å². The van der Waals surface area contributed by atoms with Gasteiger partial charge in [0.05, 0.1) is 0 Å². The molecule has 7 heteroatoms. The predicted octanol–water partition coefficient (Wildman–Crippen LogP) is 1.42. The molecular formula is C19H27N5O2. The van der Waals surface area contributed by atoms with Gasteiger partial charge in [-0.25, -0.2) is 9.97 Å². The van der Waals surface area contributed by atoms with Crippen LogP contribution in [0.5, 0.6) is 0 Å².